The zero-order valence-electron chi connectivity index (χ0n) is 13.6. The Morgan fingerprint density at radius 3 is 2.54 bits per heavy atom. The number of benzene rings is 1. The lowest BCUT2D eigenvalue weighted by Gasteiger charge is -2.36. The molecule has 24 heavy (non-hydrogen) atoms. The molecule has 0 saturated heterocycles. The van der Waals surface area contributed by atoms with Gasteiger partial charge < -0.3 is 10.2 Å². The molecule has 1 aromatic heterocycles. The predicted octanol–water partition coefficient (Wildman–Crippen LogP) is 2.81. The molecule has 1 aliphatic rings. The van der Waals surface area contributed by atoms with E-state index in [9.17, 15) is 9.18 Å². The summed E-state index contributed by atoms with van der Waals surface area (Å²) in [6, 6.07) is 9.72. The SMILES string of the molecule is CN(C)C1(CNC(=O)c2cc(Br)ncc2F)Cc2ccccc2C1. The largest absolute Gasteiger partial charge is 0.350 e. The average molecular weight is 392 g/mol. The number of fused-ring (bicyclic) bond motifs is 1. The maximum Gasteiger partial charge on any atom is 0.254 e. The van der Waals surface area contributed by atoms with Crippen molar-refractivity contribution in [2.24, 2.45) is 0 Å². The van der Waals surface area contributed by atoms with Crippen LogP contribution in [0.5, 0.6) is 0 Å². The topological polar surface area (TPSA) is 45.2 Å². The van der Waals surface area contributed by atoms with Gasteiger partial charge in [-0.3, -0.25) is 4.79 Å². The van der Waals surface area contributed by atoms with Crippen LogP contribution < -0.4 is 5.32 Å². The second-order valence-electron chi connectivity index (χ2n) is 6.41. The molecule has 0 unspecified atom stereocenters. The van der Waals surface area contributed by atoms with Crippen molar-refractivity contribution in [3.05, 3.63) is 63.6 Å². The zero-order chi connectivity index (χ0) is 17.3. The number of nitrogens with one attached hydrogen (secondary N) is 1. The summed E-state index contributed by atoms with van der Waals surface area (Å²) in [7, 11) is 4.03. The van der Waals surface area contributed by atoms with Gasteiger partial charge in [-0.1, -0.05) is 24.3 Å². The van der Waals surface area contributed by atoms with Crippen LogP contribution in [0.25, 0.3) is 0 Å². The van der Waals surface area contributed by atoms with Crippen LogP contribution in [-0.2, 0) is 12.8 Å². The molecule has 1 aliphatic carbocycles. The fraction of sp³-hybridized carbons (Fsp3) is 0.333. The Hall–Kier alpha value is -1.79. The predicted molar refractivity (Wildman–Crippen MR) is 94.5 cm³/mol. The second-order valence-corrected chi connectivity index (χ2v) is 7.22. The number of rotatable bonds is 4. The van der Waals surface area contributed by atoms with Crippen LogP contribution in [0.1, 0.15) is 21.5 Å². The smallest absolute Gasteiger partial charge is 0.254 e. The average Bonchev–Trinajstić information content (AvgIpc) is 2.95. The minimum absolute atomic E-state index is 0.00120. The molecule has 4 nitrogen and oxygen atoms in total. The van der Waals surface area contributed by atoms with Crippen molar-refractivity contribution >= 4 is 21.8 Å². The van der Waals surface area contributed by atoms with Gasteiger partial charge in [-0.25, -0.2) is 9.37 Å². The summed E-state index contributed by atoms with van der Waals surface area (Å²) in [5.41, 5.74) is 2.41. The van der Waals surface area contributed by atoms with Crippen LogP contribution in [0, 0.1) is 5.82 Å². The van der Waals surface area contributed by atoms with Crippen LogP contribution in [-0.4, -0.2) is 42.0 Å². The van der Waals surface area contributed by atoms with Crippen molar-refractivity contribution in [3.8, 4) is 0 Å². The number of amides is 1. The summed E-state index contributed by atoms with van der Waals surface area (Å²) in [6.45, 7) is 0.451. The standard InChI is InChI=1S/C18H19BrFN3O/c1-23(2)18(8-12-5-3-4-6-13(12)9-18)11-22-17(24)14-7-16(19)21-10-15(14)20/h3-7,10H,8-9,11H2,1-2H3,(H,22,24). The number of halogens is 2. The van der Waals surface area contributed by atoms with E-state index in [0.29, 0.717) is 11.1 Å². The van der Waals surface area contributed by atoms with Gasteiger partial charge in [-0.05, 0) is 60.1 Å². The highest BCUT2D eigenvalue weighted by atomic mass is 79.9. The summed E-state index contributed by atoms with van der Waals surface area (Å²) in [4.78, 5) is 18.3. The van der Waals surface area contributed by atoms with Crippen molar-refractivity contribution in [1.29, 1.82) is 0 Å². The fourth-order valence-electron chi connectivity index (χ4n) is 3.20. The molecule has 0 atom stereocenters. The molecule has 0 aliphatic heterocycles. The molecule has 0 fully saturated rings. The molecule has 126 valence electrons. The van der Waals surface area contributed by atoms with E-state index < -0.39 is 11.7 Å². The van der Waals surface area contributed by atoms with Gasteiger partial charge in [0.05, 0.1) is 11.8 Å². The lowest BCUT2D eigenvalue weighted by atomic mass is 9.94. The van der Waals surface area contributed by atoms with E-state index >= 15 is 0 Å². The van der Waals surface area contributed by atoms with Gasteiger partial charge >= 0.3 is 0 Å². The number of hydrogen-bond donors (Lipinski definition) is 1. The van der Waals surface area contributed by atoms with E-state index in [2.05, 4.69) is 43.3 Å². The molecule has 6 heteroatoms. The third kappa shape index (κ3) is 3.21. The number of likely N-dealkylation sites (N-methyl/N-ethyl adjacent to an activating group) is 1. The highest BCUT2D eigenvalue weighted by molar-refractivity contribution is 9.10. The van der Waals surface area contributed by atoms with E-state index in [1.165, 1.54) is 17.2 Å². The Labute approximate surface area is 149 Å². The van der Waals surface area contributed by atoms with Crippen molar-refractivity contribution in [2.45, 2.75) is 18.4 Å². The van der Waals surface area contributed by atoms with E-state index in [4.69, 9.17) is 0 Å². The van der Waals surface area contributed by atoms with Gasteiger partial charge in [0.2, 0.25) is 0 Å². The normalized spacial score (nSPS) is 15.4. The first-order valence-electron chi connectivity index (χ1n) is 7.75. The Morgan fingerprint density at radius 1 is 1.33 bits per heavy atom. The first-order chi connectivity index (χ1) is 11.4. The number of nitrogens with zero attached hydrogens (tertiary/aromatic N) is 2. The van der Waals surface area contributed by atoms with E-state index in [1.54, 1.807) is 0 Å². The number of pyridine rings is 1. The lowest BCUT2D eigenvalue weighted by Crippen LogP contribution is -2.53. The molecular formula is C18H19BrFN3O. The first kappa shape index (κ1) is 17.0. The Kier molecular flexibility index (Phi) is 4.69. The maximum atomic E-state index is 13.8. The highest BCUT2D eigenvalue weighted by Crippen LogP contribution is 2.33. The zero-order valence-corrected chi connectivity index (χ0v) is 15.2. The molecule has 0 spiro atoms. The van der Waals surface area contributed by atoms with Gasteiger partial charge in [0, 0.05) is 12.1 Å². The summed E-state index contributed by atoms with van der Waals surface area (Å²) in [6.07, 6.45) is 2.77. The number of carbonyl (C=O) groups excluding carboxylic acids is 1. The first-order valence-corrected chi connectivity index (χ1v) is 8.54. The molecule has 1 N–H and O–H groups in total. The molecule has 3 rings (SSSR count). The van der Waals surface area contributed by atoms with E-state index in [-0.39, 0.29) is 11.1 Å². The van der Waals surface area contributed by atoms with Crippen LogP contribution in [0.3, 0.4) is 0 Å². The van der Waals surface area contributed by atoms with Gasteiger partial charge in [0.25, 0.3) is 5.91 Å². The molecule has 0 radical (unpaired) electrons. The molecule has 1 heterocycles. The molecule has 1 amide bonds. The van der Waals surface area contributed by atoms with Gasteiger partial charge in [0.1, 0.15) is 4.60 Å². The Morgan fingerprint density at radius 2 is 1.96 bits per heavy atom. The number of carbonyl (C=O) groups is 1. The molecular weight excluding hydrogens is 373 g/mol. The molecule has 0 saturated carbocycles. The summed E-state index contributed by atoms with van der Waals surface area (Å²) < 4.78 is 14.3. The van der Waals surface area contributed by atoms with Crippen LogP contribution >= 0.6 is 15.9 Å². The molecule has 0 bridgehead atoms. The molecule has 2 aromatic rings. The van der Waals surface area contributed by atoms with Crippen molar-refractivity contribution in [3.63, 3.8) is 0 Å². The quantitative estimate of drug-likeness (QED) is 0.815. The van der Waals surface area contributed by atoms with Crippen LogP contribution in [0.4, 0.5) is 4.39 Å². The summed E-state index contributed by atoms with van der Waals surface area (Å²) >= 11 is 3.17. The fourth-order valence-corrected chi connectivity index (χ4v) is 3.53. The third-order valence-corrected chi connectivity index (χ3v) is 5.18. The van der Waals surface area contributed by atoms with E-state index in [1.807, 2.05) is 26.2 Å². The van der Waals surface area contributed by atoms with Crippen molar-refractivity contribution < 1.29 is 9.18 Å². The van der Waals surface area contributed by atoms with Crippen LogP contribution in [0.2, 0.25) is 0 Å². The molecule has 1 aromatic carbocycles. The maximum absolute atomic E-state index is 13.8. The Balaban J connectivity index is 1.77. The number of hydrogen-bond acceptors (Lipinski definition) is 3. The third-order valence-electron chi connectivity index (χ3n) is 4.75. The van der Waals surface area contributed by atoms with Crippen molar-refractivity contribution in [1.82, 2.24) is 15.2 Å². The monoisotopic (exact) mass is 391 g/mol. The van der Waals surface area contributed by atoms with E-state index in [0.717, 1.165) is 19.0 Å². The summed E-state index contributed by atoms with van der Waals surface area (Å²) in [5, 5.41) is 2.90. The van der Waals surface area contributed by atoms with Crippen LogP contribution in [0.15, 0.2) is 41.1 Å². The van der Waals surface area contributed by atoms with Gasteiger partial charge in [0.15, 0.2) is 5.82 Å². The minimum Gasteiger partial charge on any atom is -0.350 e. The Bertz CT molecular complexity index is 754. The minimum atomic E-state index is -0.621. The van der Waals surface area contributed by atoms with Gasteiger partial charge in [-0.15, -0.1) is 0 Å². The van der Waals surface area contributed by atoms with Gasteiger partial charge in [-0.2, -0.15) is 0 Å². The summed E-state index contributed by atoms with van der Waals surface area (Å²) in [5.74, 6) is -1.04. The number of aromatic nitrogens is 1. The lowest BCUT2D eigenvalue weighted by molar-refractivity contribution is 0.0898. The highest BCUT2D eigenvalue weighted by Gasteiger charge is 2.39. The van der Waals surface area contributed by atoms with Crippen molar-refractivity contribution in [2.75, 3.05) is 20.6 Å². The second kappa shape index (κ2) is 6.61.